The van der Waals surface area contributed by atoms with E-state index in [9.17, 15) is 0 Å². The first-order valence-corrected chi connectivity index (χ1v) is 6.44. The standard InChI is InChI=1S/C13H25NO/c1-10-4-7-12(15-10)8-13(2,3)9-14-11-5-6-11/h10-12,14H,4-9H2,1-3H3. The third kappa shape index (κ3) is 3.76. The van der Waals surface area contributed by atoms with Crippen LogP contribution in [0.3, 0.4) is 0 Å². The third-order valence-electron chi connectivity index (χ3n) is 3.55. The minimum absolute atomic E-state index is 0.386. The molecule has 1 saturated carbocycles. The van der Waals surface area contributed by atoms with Crippen LogP contribution in [0.15, 0.2) is 0 Å². The maximum Gasteiger partial charge on any atom is 0.0585 e. The smallest absolute Gasteiger partial charge is 0.0585 e. The highest BCUT2D eigenvalue weighted by Crippen LogP contribution is 2.31. The van der Waals surface area contributed by atoms with E-state index in [0.29, 0.717) is 17.6 Å². The molecule has 1 heterocycles. The fraction of sp³-hybridized carbons (Fsp3) is 1.00. The highest BCUT2D eigenvalue weighted by atomic mass is 16.5. The Bertz CT molecular complexity index is 211. The van der Waals surface area contributed by atoms with Crippen LogP contribution < -0.4 is 5.32 Å². The van der Waals surface area contributed by atoms with E-state index >= 15 is 0 Å². The molecule has 0 spiro atoms. The zero-order chi connectivity index (χ0) is 10.9. The highest BCUT2D eigenvalue weighted by molar-refractivity contribution is 4.86. The molecule has 2 unspecified atom stereocenters. The topological polar surface area (TPSA) is 21.3 Å². The third-order valence-corrected chi connectivity index (χ3v) is 3.55. The van der Waals surface area contributed by atoms with Gasteiger partial charge in [-0.1, -0.05) is 13.8 Å². The second-order valence-corrected chi connectivity index (χ2v) is 6.17. The first-order valence-electron chi connectivity index (χ1n) is 6.44. The summed E-state index contributed by atoms with van der Waals surface area (Å²) in [6.45, 7) is 8.05. The molecule has 0 amide bonds. The number of hydrogen-bond donors (Lipinski definition) is 1. The lowest BCUT2D eigenvalue weighted by atomic mass is 9.86. The molecule has 2 aliphatic rings. The van der Waals surface area contributed by atoms with Gasteiger partial charge >= 0.3 is 0 Å². The molecule has 0 radical (unpaired) electrons. The second-order valence-electron chi connectivity index (χ2n) is 6.17. The summed E-state index contributed by atoms with van der Waals surface area (Å²) in [5.41, 5.74) is 0.386. The Kier molecular flexibility index (Phi) is 3.36. The lowest BCUT2D eigenvalue weighted by Crippen LogP contribution is -2.33. The van der Waals surface area contributed by atoms with Crippen LogP contribution in [0.25, 0.3) is 0 Å². The van der Waals surface area contributed by atoms with E-state index in [1.165, 1.54) is 32.1 Å². The molecule has 2 nitrogen and oxygen atoms in total. The van der Waals surface area contributed by atoms with Gasteiger partial charge in [0, 0.05) is 12.6 Å². The van der Waals surface area contributed by atoms with Gasteiger partial charge in [0.2, 0.25) is 0 Å². The molecule has 0 bridgehead atoms. The zero-order valence-corrected chi connectivity index (χ0v) is 10.4. The number of nitrogens with one attached hydrogen (secondary N) is 1. The molecule has 1 aliphatic heterocycles. The summed E-state index contributed by atoms with van der Waals surface area (Å²) >= 11 is 0. The van der Waals surface area contributed by atoms with Gasteiger partial charge in [-0.25, -0.2) is 0 Å². The van der Waals surface area contributed by atoms with Gasteiger partial charge in [-0.15, -0.1) is 0 Å². The molecule has 1 saturated heterocycles. The Labute approximate surface area is 93.8 Å². The summed E-state index contributed by atoms with van der Waals surface area (Å²) in [5.74, 6) is 0. The highest BCUT2D eigenvalue weighted by Gasteiger charge is 2.30. The SMILES string of the molecule is CC1CCC(CC(C)(C)CNC2CC2)O1. The van der Waals surface area contributed by atoms with Gasteiger partial charge in [-0.05, 0) is 44.4 Å². The predicted octanol–water partition coefficient (Wildman–Crippen LogP) is 2.72. The minimum atomic E-state index is 0.386. The van der Waals surface area contributed by atoms with Crippen molar-refractivity contribution < 1.29 is 4.74 Å². The summed E-state index contributed by atoms with van der Waals surface area (Å²) in [5, 5.41) is 3.63. The average molecular weight is 211 g/mol. The van der Waals surface area contributed by atoms with Crippen molar-refractivity contribution >= 4 is 0 Å². The first-order chi connectivity index (χ1) is 7.05. The van der Waals surface area contributed by atoms with Gasteiger partial charge in [0.05, 0.1) is 12.2 Å². The Morgan fingerprint density at radius 1 is 1.20 bits per heavy atom. The Morgan fingerprint density at radius 3 is 2.47 bits per heavy atom. The van der Waals surface area contributed by atoms with E-state index in [-0.39, 0.29) is 0 Å². The van der Waals surface area contributed by atoms with Crippen molar-refractivity contribution in [2.24, 2.45) is 5.41 Å². The second kappa shape index (κ2) is 4.42. The summed E-state index contributed by atoms with van der Waals surface area (Å²) in [6, 6.07) is 0.827. The van der Waals surface area contributed by atoms with E-state index in [1.54, 1.807) is 0 Å². The van der Waals surface area contributed by atoms with Gasteiger partial charge in [-0.3, -0.25) is 0 Å². The summed E-state index contributed by atoms with van der Waals surface area (Å²) < 4.78 is 5.89. The quantitative estimate of drug-likeness (QED) is 0.755. The van der Waals surface area contributed by atoms with Gasteiger partial charge < -0.3 is 10.1 Å². The molecule has 2 rings (SSSR count). The van der Waals surface area contributed by atoms with E-state index in [4.69, 9.17) is 4.74 Å². The first kappa shape index (κ1) is 11.4. The van der Waals surface area contributed by atoms with Crippen molar-refractivity contribution in [3.05, 3.63) is 0 Å². The maximum atomic E-state index is 5.89. The molecule has 0 aromatic heterocycles. The molecule has 0 aromatic rings. The molecular weight excluding hydrogens is 186 g/mol. The average Bonchev–Trinajstić information content (AvgIpc) is 2.88. The lowest BCUT2D eigenvalue weighted by Gasteiger charge is -2.28. The number of ether oxygens (including phenoxy) is 1. The van der Waals surface area contributed by atoms with Gasteiger partial charge in [-0.2, -0.15) is 0 Å². The van der Waals surface area contributed by atoms with Crippen LogP contribution in [0.5, 0.6) is 0 Å². The molecule has 2 heteroatoms. The molecule has 1 aliphatic carbocycles. The molecule has 1 N–H and O–H groups in total. The van der Waals surface area contributed by atoms with Crippen LogP contribution >= 0.6 is 0 Å². The molecule has 0 aromatic carbocycles. The molecule has 2 atom stereocenters. The van der Waals surface area contributed by atoms with Crippen molar-refractivity contribution in [2.45, 2.75) is 71.1 Å². The number of rotatable bonds is 5. The van der Waals surface area contributed by atoms with E-state index in [2.05, 4.69) is 26.1 Å². The van der Waals surface area contributed by atoms with Crippen molar-refractivity contribution in [3.8, 4) is 0 Å². The van der Waals surface area contributed by atoms with Gasteiger partial charge in [0.15, 0.2) is 0 Å². The Hall–Kier alpha value is -0.0800. The van der Waals surface area contributed by atoms with Crippen LogP contribution in [0.4, 0.5) is 0 Å². The molecular formula is C13H25NO. The normalized spacial score (nSPS) is 32.2. The lowest BCUT2D eigenvalue weighted by molar-refractivity contribution is 0.0285. The summed E-state index contributed by atoms with van der Waals surface area (Å²) in [7, 11) is 0. The number of hydrogen-bond acceptors (Lipinski definition) is 2. The van der Waals surface area contributed by atoms with E-state index < -0.39 is 0 Å². The summed E-state index contributed by atoms with van der Waals surface area (Å²) in [4.78, 5) is 0. The monoisotopic (exact) mass is 211 g/mol. The Balaban J connectivity index is 1.70. The van der Waals surface area contributed by atoms with Gasteiger partial charge in [0.25, 0.3) is 0 Å². The summed E-state index contributed by atoms with van der Waals surface area (Å²) in [6.07, 6.45) is 7.47. The maximum absolute atomic E-state index is 5.89. The predicted molar refractivity (Wildman–Crippen MR) is 63.0 cm³/mol. The van der Waals surface area contributed by atoms with Gasteiger partial charge in [0.1, 0.15) is 0 Å². The van der Waals surface area contributed by atoms with Crippen LogP contribution in [0, 0.1) is 5.41 Å². The van der Waals surface area contributed by atoms with Crippen molar-refractivity contribution in [1.29, 1.82) is 0 Å². The van der Waals surface area contributed by atoms with Crippen LogP contribution in [-0.4, -0.2) is 24.8 Å². The minimum Gasteiger partial charge on any atom is -0.375 e. The zero-order valence-electron chi connectivity index (χ0n) is 10.4. The fourth-order valence-corrected chi connectivity index (χ4v) is 2.43. The van der Waals surface area contributed by atoms with Crippen molar-refractivity contribution in [1.82, 2.24) is 5.32 Å². The van der Waals surface area contributed by atoms with Crippen LogP contribution in [0.2, 0.25) is 0 Å². The van der Waals surface area contributed by atoms with E-state index in [0.717, 1.165) is 12.6 Å². The largest absolute Gasteiger partial charge is 0.375 e. The Morgan fingerprint density at radius 2 is 1.93 bits per heavy atom. The fourth-order valence-electron chi connectivity index (χ4n) is 2.43. The van der Waals surface area contributed by atoms with Crippen molar-refractivity contribution in [2.75, 3.05) is 6.54 Å². The van der Waals surface area contributed by atoms with E-state index in [1.807, 2.05) is 0 Å². The molecule has 2 fully saturated rings. The van der Waals surface area contributed by atoms with Crippen molar-refractivity contribution in [3.63, 3.8) is 0 Å². The molecule has 15 heavy (non-hydrogen) atoms. The van der Waals surface area contributed by atoms with Crippen LogP contribution in [-0.2, 0) is 4.74 Å². The molecule has 88 valence electrons. The van der Waals surface area contributed by atoms with Crippen LogP contribution in [0.1, 0.15) is 52.9 Å².